The van der Waals surface area contributed by atoms with Gasteiger partial charge in [-0.1, -0.05) is 30.3 Å². The van der Waals surface area contributed by atoms with Crippen molar-refractivity contribution >= 4 is 24.3 Å². The minimum atomic E-state index is -0.434. The summed E-state index contributed by atoms with van der Waals surface area (Å²) in [5.74, 6) is -1.01. The van der Waals surface area contributed by atoms with Crippen LogP contribution in [0.4, 0.5) is 0 Å². The largest absolute Gasteiger partial charge is 0.466 e. The molecule has 1 aliphatic heterocycles. The van der Waals surface area contributed by atoms with E-state index in [2.05, 4.69) is 15.7 Å². The van der Waals surface area contributed by atoms with Gasteiger partial charge >= 0.3 is 5.97 Å². The Balaban J connectivity index is 0.00000300. The number of benzene rings is 1. The summed E-state index contributed by atoms with van der Waals surface area (Å²) < 4.78 is 7.04. The Morgan fingerprint density at radius 3 is 2.79 bits per heavy atom. The first-order valence-corrected chi connectivity index (χ1v) is 9.92. The first kappa shape index (κ1) is 22.9. The molecule has 0 spiro atoms. The van der Waals surface area contributed by atoms with E-state index in [0.717, 1.165) is 31.5 Å². The Bertz CT molecular complexity index is 775. The number of esters is 1. The fourth-order valence-corrected chi connectivity index (χ4v) is 3.43. The highest BCUT2D eigenvalue weighted by Crippen LogP contribution is 2.16. The van der Waals surface area contributed by atoms with Crippen LogP contribution in [0.3, 0.4) is 0 Å². The van der Waals surface area contributed by atoms with E-state index in [-0.39, 0.29) is 36.9 Å². The third kappa shape index (κ3) is 6.58. The van der Waals surface area contributed by atoms with Crippen molar-refractivity contribution in [3.8, 4) is 0 Å². The number of aromatic nitrogens is 2. The quantitative estimate of drug-likeness (QED) is 0.640. The van der Waals surface area contributed by atoms with Crippen LogP contribution in [0.2, 0.25) is 0 Å². The van der Waals surface area contributed by atoms with Crippen LogP contribution in [0.1, 0.15) is 41.9 Å². The average Bonchev–Trinajstić information content (AvgIpc) is 3.23. The lowest BCUT2D eigenvalue weighted by atomic mass is 9.99. The van der Waals surface area contributed by atoms with Crippen LogP contribution in [0.15, 0.2) is 42.6 Å². The summed E-state index contributed by atoms with van der Waals surface area (Å²) in [6.45, 7) is 4.21. The second-order valence-corrected chi connectivity index (χ2v) is 7.03. The molecule has 1 amide bonds. The van der Waals surface area contributed by atoms with Gasteiger partial charge in [0.1, 0.15) is 5.69 Å². The predicted octanol–water partition coefficient (Wildman–Crippen LogP) is 2.38. The molecule has 0 aliphatic carbocycles. The van der Waals surface area contributed by atoms with Crippen molar-refractivity contribution in [1.82, 2.24) is 20.4 Å². The molecule has 0 bridgehead atoms. The molecule has 1 aliphatic rings. The van der Waals surface area contributed by atoms with Crippen LogP contribution in [-0.2, 0) is 16.0 Å². The van der Waals surface area contributed by atoms with Crippen LogP contribution < -0.4 is 10.6 Å². The number of carbonyl (C=O) groups is 2. The highest BCUT2D eigenvalue weighted by molar-refractivity contribution is 5.92. The van der Waals surface area contributed by atoms with Crippen molar-refractivity contribution in [2.75, 3.05) is 26.2 Å². The lowest BCUT2D eigenvalue weighted by Crippen LogP contribution is -2.35. The molecule has 2 unspecified atom stereocenters. The predicted molar refractivity (Wildman–Crippen MR) is 113 cm³/mol. The van der Waals surface area contributed by atoms with Gasteiger partial charge in [0.05, 0.1) is 18.6 Å². The van der Waals surface area contributed by atoms with Gasteiger partial charge in [0.15, 0.2) is 0 Å². The van der Waals surface area contributed by atoms with Crippen molar-refractivity contribution in [3.05, 3.63) is 53.9 Å². The van der Waals surface area contributed by atoms with Crippen LogP contribution in [0.25, 0.3) is 0 Å². The summed E-state index contributed by atoms with van der Waals surface area (Å²) >= 11 is 0. The van der Waals surface area contributed by atoms with Gasteiger partial charge in [0.25, 0.3) is 5.91 Å². The third-order valence-corrected chi connectivity index (χ3v) is 4.94. The van der Waals surface area contributed by atoms with Gasteiger partial charge in [-0.2, -0.15) is 5.10 Å². The number of piperidine rings is 1. The molecule has 7 nitrogen and oxygen atoms in total. The molecule has 1 aromatic heterocycles. The molecule has 2 aromatic rings. The molecule has 1 aromatic carbocycles. The standard InChI is InChI=1S/C21H28N4O3.ClH/c1-2-28-21(27)17(13-16-7-4-3-5-8-16)14-23-20(26)19-10-12-25(24-19)18-9-6-11-22-15-18;/h3-5,7-8,10,12,17-18,22H,2,6,9,11,13-15H2,1H3,(H,23,26);1H. The van der Waals surface area contributed by atoms with Crippen molar-refractivity contribution < 1.29 is 14.3 Å². The zero-order chi connectivity index (χ0) is 19.8. The van der Waals surface area contributed by atoms with E-state index in [1.54, 1.807) is 13.0 Å². The fraction of sp³-hybridized carbons (Fsp3) is 0.476. The van der Waals surface area contributed by atoms with E-state index in [0.29, 0.717) is 18.7 Å². The highest BCUT2D eigenvalue weighted by Gasteiger charge is 2.23. The molecule has 8 heteroatoms. The molecule has 158 valence electrons. The Morgan fingerprint density at radius 1 is 1.31 bits per heavy atom. The highest BCUT2D eigenvalue weighted by atomic mass is 35.5. The number of hydrogen-bond donors (Lipinski definition) is 2. The van der Waals surface area contributed by atoms with Crippen molar-refractivity contribution in [2.45, 2.75) is 32.2 Å². The minimum absolute atomic E-state index is 0. The SMILES string of the molecule is CCOC(=O)C(CNC(=O)c1ccn(C2CCCNC2)n1)Cc1ccccc1.Cl. The molecule has 0 saturated carbocycles. The van der Waals surface area contributed by atoms with E-state index < -0.39 is 5.92 Å². The lowest BCUT2D eigenvalue weighted by Gasteiger charge is -2.22. The summed E-state index contributed by atoms with van der Waals surface area (Å²) in [7, 11) is 0. The van der Waals surface area contributed by atoms with Gasteiger partial charge in [-0.3, -0.25) is 14.3 Å². The zero-order valence-corrected chi connectivity index (χ0v) is 17.5. The number of rotatable bonds is 8. The molecule has 1 fully saturated rings. The monoisotopic (exact) mass is 420 g/mol. The molecule has 29 heavy (non-hydrogen) atoms. The summed E-state index contributed by atoms with van der Waals surface area (Å²) in [5, 5.41) is 10.6. The van der Waals surface area contributed by atoms with Crippen molar-refractivity contribution in [1.29, 1.82) is 0 Å². The van der Waals surface area contributed by atoms with Crippen LogP contribution >= 0.6 is 12.4 Å². The summed E-state index contributed by atoms with van der Waals surface area (Å²) in [6.07, 6.45) is 4.52. The smallest absolute Gasteiger partial charge is 0.311 e. The second-order valence-electron chi connectivity index (χ2n) is 7.03. The fourth-order valence-electron chi connectivity index (χ4n) is 3.43. The lowest BCUT2D eigenvalue weighted by molar-refractivity contribution is -0.147. The van der Waals surface area contributed by atoms with Gasteiger partial charge in [0, 0.05) is 19.3 Å². The summed E-state index contributed by atoms with van der Waals surface area (Å²) in [6, 6.07) is 11.7. The van der Waals surface area contributed by atoms with Crippen LogP contribution in [0.5, 0.6) is 0 Å². The maximum atomic E-state index is 12.5. The Kier molecular flexibility index (Phi) is 9.15. The molecule has 1 saturated heterocycles. The van der Waals surface area contributed by atoms with Gasteiger partial charge in [0.2, 0.25) is 0 Å². The average molecular weight is 421 g/mol. The van der Waals surface area contributed by atoms with E-state index >= 15 is 0 Å². The Hall–Kier alpha value is -2.38. The number of nitrogens with zero attached hydrogens (tertiary/aromatic N) is 2. The second kappa shape index (κ2) is 11.6. The topological polar surface area (TPSA) is 85.2 Å². The Morgan fingerprint density at radius 2 is 2.10 bits per heavy atom. The van der Waals surface area contributed by atoms with Crippen LogP contribution in [-0.4, -0.2) is 47.9 Å². The summed E-state index contributed by atoms with van der Waals surface area (Å²) in [4.78, 5) is 24.8. The number of hydrogen-bond acceptors (Lipinski definition) is 5. The minimum Gasteiger partial charge on any atom is -0.466 e. The van der Waals surface area contributed by atoms with E-state index in [9.17, 15) is 9.59 Å². The van der Waals surface area contributed by atoms with E-state index in [1.807, 2.05) is 41.2 Å². The van der Waals surface area contributed by atoms with Crippen molar-refractivity contribution in [3.63, 3.8) is 0 Å². The maximum absolute atomic E-state index is 12.5. The van der Waals surface area contributed by atoms with E-state index in [4.69, 9.17) is 4.74 Å². The molecule has 2 N–H and O–H groups in total. The first-order valence-electron chi connectivity index (χ1n) is 9.92. The number of amides is 1. The number of halogens is 1. The first-order chi connectivity index (χ1) is 13.7. The molecular weight excluding hydrogens is 392 g/mol. The van der Waals surface area contributed by atoms with Gasteiger partial charge in [-0.25, -0.2) is 0 Å². The Labute approximate surface area is 177 Å². The third-order valence-electron chi connectivity index (χ3n) is 4.94. The van der Waals surface area contributed by atoms with E-state index in [1.165, 1.54) is 0 Å². The van der Waals surface area contributed by atoms with Gasteiger partial charge in [-0.05, 0) is 44.4 Å². The number of ether oxygens (including phenoxy) is 1. The van der Waals surface area contributed by atoms with Crippen LogP contribution in [0, 0.1) is 5.92 Å². The van der Waals surface area contributed by atoms with Gasteiger partial charge < -0.3 is 15.4 Å². The molecule has 3 rings (SSSR count). The number of nitrogens with one attached hydrogen (secondary N) is 2. The van der Waals surface area contributed by atoms with Crippen molar-refractivity contribution in [2.24, 2.45) is 5.92 Å². The zero-order valence-electron chi connectivity index (χ0n) is 16.7. The summed E-state index contributed by atoms with van der Waals surface area (Å²) in [5.41, 5.74) is 1.40. The molecule has 2 atom stereocenters. The normalized spacial score (nSPS) is 17.1. The maximum Gasteiger partial charge on any atom is 0.311 e. The molecule has 0 radical (unpaired) electrons. The molecular formula is C21H29ClN4O3. The van der Waals surface area contributed by atoms with Gasteiger partial charge in [-0.15, -0.1) is 12.4 Å². The molecule has 2 heterocycles. The number of carbonyl (C=O) groups excluding carboxylic acids is 2.